The molecule has 3 aromatic heterocycles. The van der Waals surface area contributed by atoms with Gasteiger partial charge >= 0.3 is 0 Å². The molecule has 0 unspecified atom stereocenters. The van der Waals surface area contributed by atoms with Gasteiger partial charge in [-0.05, 0) is 146 Å². The van der Waals surface area contributed by atoms with Crippen molar-refractivity contribution in [3.8, 4) is 45.6 Å². The number of aromatic nitrogens is 8. The smallest absolute Gasteiger partial charge is 0.165 e. The molecule has 0 atom stereocenters. The first-order valence-corrected chi connectivity index (χ1v) is 41.8. The van der Waals surface area contributed by atoms with E-state index in [9.17, 15) is 0 Å². The van der Waals surface area contributed by atoms with Crippen molar-refractivity contribution in [1.82, 2.24) is 39.9 Å². The SMILES string of the molecule is CCCCCSc1ccc(SCCCCC)c2c1-c1nc-2nc2[nH]c(nc3nc(nc4[nH]c(n1)c1c(SCCCCC)ccc(SCCCCC)c41)-c1c(SCCCCC)ccc(SCCCCC)c1-3)c1c(SCCCCC)ccc(SCCCCC)c21. The maximum atomic E-state index is 5.94. The Bertz CT molecular complexity index is 3090. The van der Waals surface area contributed by atoms with Crippen LogP contribution in [0.3, 0.4) is 0 Å². The third-order valence-electron chi connectivity index (χ3n) is 16.2. The standard InChI is InChI=1S/C72H98N8S8/c1-9-17-25-41-81-49-33-34-50(82-42-26-18-10-2)58-57(49)65-73-66(58)78-68-61-53(85-45-29-21-13-5)37-38-54(86-46-30-22-14-6)62(61)70(75-68)80-72-64-56(88-48-32-24-16-8)40-39-55(87-47-31-23-15-7)63(64)71(76-72)79-69-60-52(84-44-28-20-12-4)36-35-51(83-43-27-19-11-3)59(60)67(74-69)77-65/h33-40H,9-32,41-48H2,1-8H3,(H2,73,74,75,76,77,78,79,80). The second-order valence-corrected chi connectivity index (χ2v) is 32.4. The minimum absolute atomic E-state index is 0.712. The number of benzene rings is 4. The van der Waals surface area contributed by atoms with Gasteiger partial charge in [-0.1, -0.05) is 158 Å². The van der Waals surface area contributed by atoms with Crippen LogP contribution in [0.4, 0.5) is 0 Å². The summed E-state index contributed by atoms with van der Waals surface area (Å²) in [5, 5.41) is 4.49. The van der Waals surface area contributed by atoms with Crippen LogP contribution in [-0.2, 0) is 0 Å². The highest BCUT2D eigenvalue weighted by atomic mass is 32.2. The lowest BCUT2D eigenvalue weighted by atomic mass is 10.1. The summed E-state index contributed by atoms with van der Waals surface area (Å²) >= 11 is 15.7. The third-order valence-corrected chi connectivity index (χ3v) is 25.3. The fourth-order valence-electron chi connectivity index (χ4n) is 11.3. The highest BCUT2D eigenvalue weighted by Gasteiger charge is 2.31. The fourth-order valence-corrected chi connectivity index (χ4v) is 19.9. The van der Waals surface area contributed by atoms with Crippen molar-refractivity contribution in [1.29, 1.82) is 0 Å². The highest BCUT2D eigenvalue weighted by Crippen LogP contribution is 2.51. The van der Waals surface area contributed by atoms with Crippen molar-refractivity contribution in [3.05, 3.63) is 48.5 Å². The molecular weight excluding hydrogens is 1230 g/mol. The Balaban J connectivity index is 1.48. The molecule has 0 radical (unpaired) electrons. The van der Waals surface area contributed by atoms with Crippen molar-refractivity contribution < 1.29 is 0 Å². The van der Waals surface area contributed by atoms with E-state index in [1.165, 1.54) is 142 Å². The Morgan fingerprint density at radius 3 is 0.580 bits per heavy atom. The Hall–Kier alpha value is -2.96. The molecule has 0 amide bonds. The van der Waals surface area contributed by atoms with Gasteiger partial charge in [-0.25, -0.2) is 29.9 Å². The second-order valence-electron chi connectivity index (χ2n) is 23.3. The molecule has 7 aromatic rings. The lowest BCUT2D eigenvalue weighted by molar-refractivity contribution is 0.778. The monoisotopic (exact) mass is 1330 g/mol. The van der Waals surface area contributed by atoms with Crippen LogP contribution in [-0.4, -0.2) is 85.9 Å². The third kappa shape index (κ3) is 17.8. The first kappa shape index (κ1) is 69.4. The number of H-pyrrole nitrogens is 2. The molecule has 2 aliphatic rings. The minimum atomic E-state index is 0.712. The molecular formula is C72H98N8S8. The van der Waals surface area contributed by atoms with Gasteiger partial charge < -0.3 is 9.97 Å². The normalized spacial score (nSPS) is 12.1. The van der Waals surface area contributed by atoms with Gasteiger partial charge in [-0.3, -0.25) is 0 Å². The summed E-state index contributed by atoms with van der Waals surface area (Å²) in [5.41, 5.74) is 7.58. The number of nitrogens with one attached hydrogen (secondary N) is 2. The van der Waals surface area contributed by atoms with E-state index in [1.807, 2.05) is 94.1 Å². The molecule has 0 aliphatic carbocycles. The van der Waals surface area contributed by atoms with Gasteiger partial charge in [-0.15, -0.1) is 94.1 Å². The minimum Gasteiger partial charge on any atom is -0.324 e. The van der Waals surface area contributed by atoms with Gasteiger partial charge in [0.1, 0.15) is 22.6 Å². The van der Waals surface area contributed by atoms with Crippen molar-refractivity contribution in [2.24, 2.45) is 0 Å². The van der Waals surface area contributed by atoms with E-state index in [0.29, 0.717) is 23.3 Å². The summed E-state index contributed by atoms with van der Waals surface area (Å²) in [5.74, 6) is 11.1. The van der Waals surface area contributed by atoms with Crippen LogP contribution in [0.2, 0.25) is 0 Å². The zero-order chi connectivity index (χ0) is 61.5. The van der Waals surface area contributed by atoms with Crippen molar-refractivity contribution in [2.45, 2.75) is 249 Å². The lowest BCUT2D eigenvalue weighted by Crippen LogP contribution is -1.92. The Kier molecular flexibility index (Phi) is 29.2. The molecule has 0 spiro atoms. The van der Waals surface area contributed by atoms with E-state index in [4.69, 9.17) is 29.9 Å². The number of hydrogen-bond acceptors (Lipinski definition) is 14. The van der Waals surface area contributed by atoms with Crippen LogP contribution in [0.1, 0.15) is 209 Å². The summed E-state index contributed by atoms with van der Waals surface area (Å²) < 4.78 is 0. The topological polar surface area (TPSA) is 109 Å². The van der Waals surface area contributed by atoms with Gasteiger partial charge in [0, 0.05) is 83.0 Å². The van der Waals surface area contributed by atoms with Crippen LogP contribution in [0.25, 0.3) is 89.7 Å². The average Bonchev–Trinajstić information content (AvgIpc) is 1.83. The summed E-state index contributed by atoms with van der Waals surface area (Å²) in [7, 11) is 0. The number of thioether (sulfide) groups is 8. The molecule has 5 heterocycles. The number of aromatic amines is 2. The maximum absolute atomic E-state index is 5.94. The summed E-state index contributed by atoms with van der Waals surface area (Å²) in [6, 6.07) is 19.0. The van der Waals surface area contributed by atoms with Gasteiger partial charge in [-0.2, -0.15) is 0 Å². The largest absolute Gasteiger partial charge is 0.324 e. The van der Waals surface area contributed by atoms with Gasteiger partial charge in [0.15, 0.2) is 23.3 Å². The van der Waals surface area contributed by atoms with Gasteiger partial charge in [0.2, 0.25) is 0 Å². The summed E-state index contributed by atoms with van der Waals surface area (Å²) in [4.78, 5) is 53.2. The van der Waals surface area contributed by atoms with E-state index in [-0.39, 0.29) is 0 Å². The molecule has 2 N–H and O–H groups in total. The molecule has 2 aliphatic heterocycles. The predicted octanol–water partition coefficient (Wildman–Crippen LogP) is 25.1. The first-order valence-electron chi connectivity index (χ1n) is 33.9. The zero-order valence-corrected chi connectivity index (χ0v) is 60.7. The Labute approximate surface area is 562 Å². The zero-order valence-electron chi connectivity index (χ0n) is 54.2. The lowest BCUT2D eigenvalue weighted by Gasteiger charge is -2.12. The van der Waals surface area contributed by atoms with E-state index >= 15 is 0 Å². The maximum Gasteiger partial charge on any atom is 0.165 e. The molecule has 88 heavy (non-hydrogen) atoms. The Morgan fingerprint density at radius 1 is 0.227 bits per heavy atom. The molecule has 9 rings (SSSR count). The number of fused-ring (bicyclic) bond motifs is 20. The first-order chi connectivity index (χ1) is 43.4. The second kappa shape index (κ2) is 37.1. The number of hydrogen-bond donors (Lipinski definition) is 2. The molecule has 0 fully saturated rings. The molecule has 0 saturated carbocycles. The number of nitrogens with zero attached hydrogens (tertiary/aromatic N) is 6. The molecule has 16 heteroatoms. The van der Waals surface area contributed by atoms with Crippen molar-refractivity contribution in [3.63, 3.8) is 0 Å². The Morgan fingerprint density at radius 2 is 0.398 bits per heavy atom. The van der Waals surface area contributed by atoms with Crippen LogP contribution < -0.4 is 0 Å². The molecule has 474 valence electrons. The highest BCUT2D eigenvalue weighted by molar-refractivity contribution is 8.01. The van der Waals surface area contributed by atoms with Gasteiger partial charge in [0.25, 0.3) is 0 Å². The average molecular weight is 1330 g/mol. The molecule has 0 saturated heterocycles. The van der Waals surface area contributed by atoms with Crippen LogP contribution >= 0.6 is 94.1 Å². The molecule has 4 aromatic carbocycles. The van der Waals surface area contributed by atoms with E-state index in [1.54, 1.807) is 0 Å². The number of rotatable bonds is 40. The van der Waals surface area contributed by atoms with Crippen molar-refractivity contribution >= 4 is 138 Å². The number of unbranched alkanes of at least 4 members (excludes halogenated alkanes) is 16. The van der Waals surface area contributed by atoms with Crippen LogP contribution in [0, 0.1) is 0 Å². The van der Waals surface area contributed by atoms with Crippen molar-refractivity contribution in [2.75, 3.05) is 46.0 Å². The molecule has 8 bridgehead atoms. The van der Waals surface area contributed by atoms with Gasteiger partial charge in [0.05, 0.1) is 0 Å². The van der Waals surface area contributed by atoms with E-state index in [2.05, 4.69) is 114 Å². The summed E-state index contributed by atoms with van der Waals surface area (Å²) in [6.07, 6.45) is 28.3. The van der Waals surface area contributed by atoms with Crippen LogP contribution in [0.5, 0.6) is 0 Å². The van der Waals surface area contributed by atoms with E-state index in [0.717, 1.165) is 164 Å². The predicted molar refractivity (Wildman–Crippen MR) is 398 cm³/mol. The van der Waals surface area contributed by atoms with Crippen LogP contribution in [0.15, 0.2) is 87.7 Å². The molecule has 8 nitrogen and oxygen atoms in total. The summed E-state index contributed by atoms with van der Waals surface area (Å²) in [6.45, 7) is 18.4. The van der Waals surface area contributed by atoms with E-state index < -0.39 is 0 Å². The quantitative estimate of drug-likeness (QED) is 0.0281. The fraction of sp³-hybridized carbons (Fsp3) is 0.556.